The summed E-state index contributed by atoms with van der Waals surface area (Å²) in [7, 11) is 0. The lowest BCUT2D eigenvalue weighted by Gasteiger charge is -2.16. The van der Waals surface area contributed by atoms with Gasteiger partial charge in [-0.2, -0.15) is 0 Å². The van der Waals surface area contributed by atoms with Crippen LogP contribution in [0, 0.1) is 0 Å². The average Bonchev–Trinajstić information content (AvgIpc) is 2.06. The van der Waals surface area contributed by atoms with E-state index in [1.54, 1.807) is 13.8 Å². The molecule has 1 N–H and O–H groups in total. The molecule has 0 amide bonds. The summed E-state index contributed by atoms with van der Waals surface area (Å²) < 4.78 is 5.23. The molecule has 0 saturated heterocycles. The van der Waals surface area contributed by atoms with Crippen LogP contribution in [0.5, 0.6) is 11.6 Å². The summed E-state index contributed by atoms with van der Waals surface area (Å²) in [6, 6.07) is 2.92. The third kappa shape index (κ3) is 4.09. The molecule has 0 fully saturated rings. The second-order valence-electron chi connectivity index (χ2n) is 3.74. The Bertz CT molecular complexity index is 276. The molecule has 1 aromatic rings. The van der Waals surface area contributed by atoms with E-state index in [0.29, 0.717) is 18.9 Å². The normalized spacial score (nSPS) is 11.4. The number of nitrogens with zero attached hydrogens (tertiary/aromatic N) is 1. The fraction of sp³-hybridized carbons (Fsp3) is 0.500. The minimum Gasteiger partial charge on any atom is -0.478 e. The Balaban J connectivity index is 2.35. The molecule has 1 radical (unpaired) electrons. The second kappa shape index (κ2) is 4.28. The number of pyridine rings is 1. The minimum absolute atomic E-state index is 0.139. The van der Waals surface area contributed by atoms with Crippen molar-refractivity contribution in [1.29, 1.82) is 0 Å². The first-order chi connectivity index (χ1) is 6.47. The monoisotopic (exact) mass is 196 g/mol. The van der Waals surface area contributed by atoms with Crippen molar-refractivity contribution in [2.24, 2.45) is 0 Å². The van der Waals surface area contributed by atoms with Gasteiger partial charge in [-0.15, -0.1) is 0 Å². The Kier molecular flexibility index (Phi) is 3.30. The van der Waals surface area contributed by atoms with Crippen molar-refractivity contribution in [1.82, 2.24) is 4.98 Å². The zero-order valence-corrected chi connectivity index (χ0v) is 8.36. The smallest absolute Gasteiger partial charge is 0.213 e. The Labute approximate surface area is 83.2 Å². The molecule has 0 atom stereocenters. The third-order valence-electron chi connectivity index (χ3n) is 1.67. The van der Waals surface area contributed by atoms with Crippen LogP contribution in [0.15, 0.2) is 18.3 Å². The average molecular weight is 196 g/mol. The molecule has 77 valence electrons. The first kappa shape index (κ1) is 10.8. The predicted octanol–water partition coefficient (Wildman–Crippen LogP) is 1.77. The predicted molar refractivity (Wildman–Crippen MR) is 50.8 cm³/mol. The molecular formula is C10H14NO3. The van der Waals surface area contributed by atoms with Gasteiger partial charge in [-0.3, -0.25) is 5.11 Å². The largest absolute Gasteiger partial charge is 0.478 e. The molecule has 1 aromatic heterocycles. The van der Waals surface area contributed by atoms with Gasteiger partial charge in [-0.05, 0) is 19.9 Å². The van der Waals surface area contributed by atoms with Gasteiger partial charge in [0, 0.05) is 12.5 Å². The molecule has 0 aliphatic heterocycles. The lowest BCUT2D eigenvalue weighted by molar-refractivity contribution is 0.0546. The first-order valence-corrected chi connectivity index (χ1v) is 4.46. The molecule has 0 saturated carbocycles. The summed E-state index contributed by atoms with van der Waals surface area (Å²) in [4.78, 5) is 3.78. The van der Waals surface area contributed by atoms with Gasteiger partial charge in [0.2, 0.25) is 5.88 Å². The Hall–Kier alpha value is -1.29. The fourth-order valence-electron chi connectivity index (χ4n) is 0.857. The van der Waals surface area contributed by atoms with Gasteiger partial charge in [0.1, 0.15) is 0 Å². The standard InChI is InChI=1S/C10H14NO3/c1-10(2,13)5-6-14-9-4-3-8(12)7-11-9/h3-4,7,13H,5-6H2,1-2H3. The van der Waals surface area contributed by atoms with Crippen LogP contribution in [0.2, 0.25) is 0 Å². The van der Waals surface area contributed by atoms with Gasteiger partial charge in [0.25, 0.3) is 0 Å². The van der Waals surface area contributed by atoms with Gasteiger partial charge in [0.05, 0.1) is 18.4 Å². The van der Waals surface area contributed by atoms with Crippen molar-refractivity contribution in [2.45, 2.75) is 25.9 Å². The van der Waals surface area contributed by atoms with Crippen LogP contribution in [0.4, 0.5) is 0 Å². The van der Waals surface area contributed by atoms with E-state index in [9.17, 15) is 10.2 Å². The highest BCUT2D eigenvalue weighted by Gasteiger charge is 2.12. The third-order valence-corrected chi connectivity index (χ3v) is 1.67. The summed E-state index contributed by atoms with van der Waals surface area (Å²) in [5, 5.41) is 20.1. The maximum atomic E-state index is 10.7. The highest BCUT2D eigenvalue weighted by molar-refractivity contribution is 5.20. The number of hydrogen-bond donors (Lipinski definition) is 1. The van der Waals surface area contributed by atoms with E-state index < -0.39 is 5.60 Å². The molecule has 0 spiro atoms. The van der Waals surface area contributed by atoms with Crippen LogP contribution >= 0.6 is 0 Å². The Morgan fingerprint density at radius 3 is 2.71 bits per heavy atom. The van der Waals surface area contributed by atoms with Crippen molar-refractivity contribution < 1.29 is 14.9 Å². The number of rotatable bonds is 4. The van der Waals surface area contributed by atoms with Gasteiger partial charge in [-0.1, -0.05) is 0 Å². The van der Waals surface area contributed by atoms with Gasteiger partial charge >= 0.3 is 0 Å². The molecule has 4 nitrogen and oxygen atoms in total. The molecular weight excluding hydrogens is 182 g/mol. The van der Waals surface area contributed by atoms with Gasteiger partial charge < -0.3 is 9.84 Å². The number of ether oxygens (including phenoxy) is 1. The molecule has 1 heterocycles. The number of aliphatic hydroxyl groups is 1. The van der Waals surface area contributed by atoms with E-state index in [1.165, 1.54) is 18.3 Å². The van der Waals surface area contributed by atoms with E-state index in [1.807, 2.05) is 0 Å². The summed E-state index contributed by atoms with van der Waals surface area (Å²) in [6.45, 7) is 3.81. The molecule has 1 rings (SSSR count). The van der Waals surface area contributed by atoms with E-state index >= 15 is 0 Å². The first-order valence-electron chi connectivity index (χ1n) is 4.46. The van der Waals surface area contributed by atoms with Crippen molar-refractivity contribution in [3.8, 4) is 11.6 Å². The zero-order chi connectivity index (χ0) is 10.6. The quantitative estimate of drug-likeness (QED) is 0.798. The summed E-state index contributed by atoms with van der Waals surface area (Å²) in [5.74, 6) is 0.272. The lowest BCUT2D eigenvalue weighted by atomic mass is 10.1. The topological polar surface area (TPSA) is 62.2 Å². The van der Waals surface area contributed by atoms with Crippen molar-refractivity contribution in [2.75, 3.05) is 6.61 Å². The molecule has 0 aliphatic carbocycles. The molecule has 4 heteroatoms. The van der Waals surface area contributed by atoms with Gasteiger partial charge in [-0.25, -0.2) is 4.98 Å². The summed E-state index contributed by atoms with van der Waals surface area (Å²) in [5.41, 5.74) is -0.738. The SMILES string of the molecule is CC(C)(O)CCOc1ccc([O])cn1. The highest BCUT2D eigenvalue weighted by atomic mass is 16.5. The second-order valence-corrected chi connectivity index (χ2v) is 3.74. The highest BCUT2D eigenvalue weighted by Crippen LogP contribution is 2.13. The molecule has 14 heavy (non-hydrogen) atoms. The van der Waals surface area contributed by atoms with Crippen LogP contribution in [-0.2, 0) is 5.11 Å². The zero-order valence-electron chi connectivity index (χ0n) is 8.36. The number of hydrogen-bond acceptors (Lipinski definition) is 3. The van der Waals surface area contributed by atoms with Crippen LogP contribution in [0.25, 0.3) is 0 Å². The van der Waals surface area contributed by atoms with Crippen LogP contribution in [0.1, 0.15) is 20.3 Å². The Morgan fingerprint density at radius 1 is 1.50 bits per heavy atom. The van der Waals surface area contributed by atoms with E-state index in [2.05, 4.69) is 4.98 Å². The maximum Gasteiger partial charge on any atom is 0.213 e. The molecule has 0 unspecified atom stereocenters. The van der Waals surface area contributed by atoms with Crippen molar-refractivity contribution in [3.63, 3.8) is 0 Å². The van der Waals surface area contributed by atoms with Gasteiger partial charge in [0.15, 0.2) is 5.75 Å². The maximum absolute atomic E-state index is 10.7. The molecule has 0 bridgehead atoms. The van der Waals surface area contributed by atoms with E-state index in [-0.39, 0.29) is 5.75 Å². The van der Waals surface area contributed by atoms with Crippen LogP contribution in [0.3, 0.4) is 0 Å². The fourth-order valence-corrected chi connectivity index (χ4v) is 0.857. The molecule has 0 aliphatic rings. The van der Waals surface area contributed by atoms with Crippen LogP contribution in [-0.4, -0.2) is 22.3 Å². The lowest BCUT2D eigenvalue weighted by Crippen LogP contribution is -2.21. The van der Waals surface area contributed by atoms with E-state index in [0.717, 1.165) is 0 Å². The summed E-state index contributed by atoms with van der Waals surface area (Å²) in [6.07, 6.45) is 1.73. The van der Waals surface area contributed by atoms with Crippen LogP contribution < -0.4 is 4.74 Å². The minimum atomic E-state index is -0.738. The van der Waals surface area contributed by atoms with Crippen molar-refractivity contribution in [3.05, 3.63) is 18.3 Å². The molecule has 0 aromatic carbocycles. The number of aromatic nitrogens is 1. The van der Waals surface area contributed by atoms with E-state index in [4.69, 9.17) is 4.74 Å². The van der Waals surface area contributed by atoms with Crippen molar-refractivity contribution >= 4 is 0 Å². The summed E-state index contributed by atoms with van der Waals surface area (Å²) >= 11 is 0. The Morgan fingerprint density at radius 2 is 2.21 bits per heavy atom.